The Bertz CT molecular complexity index is 1220. The van der Waals surface area contributed by atoms with Crippen molar-refractivity contribution in [3.05, 3.63) is 101 Å². The summed E-state index contributed by atoms with van der Waals surface area (Å²) < 4.78 is 12.1. The highest BCUT2D eigenvalue weighted by molar-refractivity contribution is 6.04. The van der Waals surface area contributed by atoms with Crippen molar-refractivity contribution < 1.29 is 14.3 Å². The molecule has 0 aliphatic rings. The molecule has 0 saturated carbocycles. The predicted octanol–water partition coefficient (Wildman–Crippen LogP) is 3.75. The molecule has 6 nitrogen and oxygen atoms in total. The fourth-order valence-electron chi connectivity index (χ4n) is 3.09. The third-order valence-electron chi connectivity index (χ3n) is 4.57. The molecule has 0 radical (unpaired) electrons. The molecule has 4 rings (SSSR count). The lowest BCUT2D eigenvalue weighted by atomic mass is 10.1. The molecule has 0 aliphatic carbocycles. The third kappa shape index (κ3) is 3.73. The molecule has 29 heavy (non-hydrogen) atoms. The first-order valence-electron chi connectivity index (χ1n) is 9.03. The van der Waals surface area contributed by atoms with Crippen LogP contribution in [0.1, 0.15) is 16.1 Å². The highest BCUT2D eigenvalue weighted by Gasteiger charge is 2.17. The van der Waals surface area contributed by atoms with E-state index in [9.17, 15) is 9.59 Å². The van der Waals surface area contributed by atoms with Gasteiger partial charge >= 0.3 is 5.97 Å². The van der Waals surface area contributed by atoms with Crippen molar-refractivity contribution in [2.75, 3.05) is 7.11 Å². The molecule has 0 N–H and O–H groups in total. The van der Waals surface area contributed by atoms with Gasteiger partial charge < -0.3 is 9.47 Å². The van der Waals surface area contributed by atoms with Gasteiger partial charge in [-0.15, -0.1) is 0 Å². The second kappa shape index (κ2) is 7.98. The number of methoxy groups -OCH3 is 1. The van der Waals surface area contributed by atoms with Crippen LogP contribution in [0.2, 0.25) is 0 Å². The van der Waals surface area contributed by atoms with Crippen molar-refractivity contribution in [3.8, 4) is 11.4 Å². The molecule has 2 aromatic heterocycles. The summed E-state index contributed by atoms with van der Waals surface area (Å²) in [5, 5.41) is 0.990. The lowest BCUT2D eigenvalue weighted by Crippen LogP contribution is -2.21. The fourth-order valence-corrected chi connectivity index (χ4v) is 3.09. The molecule has 0 fully saturated rings. The van der Waals surface area contributed by atoms with E-state index in [1.54, 1.807) is 74.0 Å². The second-order valence-electron chi connectivity index (χ2n) is 6.36. The van der Waals surface area contributed by atoms with E-state index in [4.69, 9.17) is 9.47 Å². The number of rotatable bonds is 5. The molecule has 0 atom stereocenters. The molecule has 0 aliphatic heterocycles. The number of hydrogen-bond acceptors (Lipinski definition) is 5. The number of fused-ring (bicyclic) bond motifs is 1. The van der Waals surface area contributed by atoms with Gasteiger partial charge in [0.2, 0.25) is 0 Å². The molecule has 2 heterocycles. The monoisotopic (exact) mass is 386 g/mol. The average Bonchev–Trinajstić information content (AvgIpc) is 2.79. The highest BCUT2D eigenvalue weighted by Crippen LogP contribution is 2.20. The van der Waals surface area contributed by atoms with Crippen LogP contribution in [0.4, 0.5) is 0 Å². The van der Waals surface area contributed by atoms with Crippen molar-refractivity contribution in [1.82, 2.24) is 9.55 Å². The van der Waals surface area contributed by atoms with Gasteiger partial charge in [-0.25, -0.2) is 4.79 Å². The molecule has 144 valence electrons. The highest BCUT2D eigenvalue weighted by atomic mass is 16.5. The third-order valence-corrected chi connectivity index (χ3v) is 4.57. The van der Waals surface area contributed by atoms with Crippen molar-refractivity contribution in [2.45, 2.75) is 6.61 Å². The summed E-state index contributed by atoms with van der Waals surface area (Å²) in [7, 11) is 1.58. The lowest BCUT2D eigenvalue weighted by molar-refractivity contribution is 0.0469. The van der Waals surface area contributed by atoms with E-state index in [0.29, 0.717) is 33.5 Å². The van der Waals surface area contributed by atoms with Crippen molar-refractivity contribution in [2.24, 2.45) is 0 Å². The van der Waals surface area contributed by atoms with Gasteiger partial charge in [-0.3, -0.25) is 14.3 Å². The van der Waals surface area contributed by atoms with Crippen LogP contribution in [-0.4, -0.2) is 22.6 Å². The number of ether oxygens (including phenoxy) is 2. The van der Waals surface area contributed by atoms with E-state index in [1.807, 2.05) is 6.07 Å². The number of benzene rings is 2. The zero-order valence-electron chi connectivity index (χ0n) is 15.7. The molecule has 0 amide bonds. The zero-order chi connectivity index (χ0) is 20.2. The molecule has 4 aromatic rings. The summed E-state index contributed by atoms with van der Waals surface area (Å²) in [6.45, 7) is 0.0513. The van der Waals surface area contributed by atoms with Crippen LogP contribution >= 0.6 is 0 Å². The smallest absolute Gasteiger partial charge is 0.340 e. The van der Waals surface area contributed by atoms with E-state index in [-0.39, 0.29) is 12.2 Å². The number of esters is 1. The minimum absolute atomic E-state index is 0.0513. The number of aromatic nitrogens is 2. The normalized spacial score (nSPS) is 10.7. The zero-order valence-corrected chi connectivity index (χ0v) is 15.7. The number of carbonyl (C=O) groups is 1. The van der Waals surface area contributed by atoms with Gasteiger partial charge in [0.1, 0.15) is 12.4 Å². The maximum atomic E-state index is 13.0. The van der Waals surface area contributed by atoms with Crippen molar-refractivity contribution in [1.29, 1.82) is 0 Å². The van der Waals surface area contributed by atoms with Gasteiger partial charge in [0.15, 0.2) is 0 Å². The Labute approximate surface area is 167 Å². The van der Waals surface area contributed by atoms with E-state index < -0.39 is 5.97 Å². The maximum Gasteiger partial charge on any atom is 0.340 e. The first kappa shape index (κ1) is 18.4. The summed E-state index contributed by atoms with van der Waals surface area (Å²) in [6.07, 6.45) is 3.16. The quantitative estimate of drug-likeness (QED) is 0.489. The van der Waals surface area contributed by atoms with E-state index in [2.05, 4.69) is 4.98 Å². The van der Waals surface area contributed by atoms with Gasteiger partial charge in [0, 0.05) is 28.9 Å². The van der Waals surface area contributed by atoms with Crippen LogP contribution < -0.4 is 10.3 Å². The molecule has 0 unspecified atom stereocenters. The Morgan fingerprint density at radius 1 is 0.966 bits per heavy atom. The van der Waals surface area contributed by atoms with E-state index in [1.165, 1.54) is 10.8 Å². The van der Waals surface area contributed by atoms with Gasteiger partial charge in [0.25, 0.3) is 5.56 Å². The van der Waals surface area contributed by atoms with Crippen molar-refractivity contribution >= 4 is 16.7 Å². The SMILES string of the molecule is COc1ccc(-n2cc(C(=O)OCc3ccccn3)c3ccccc3c2=O)cc1. The Morgan fingerprint density at radius 2 is 1.69 bits per heavy atom. The van der Waals surface area contributed by atoms with Crippen LogP contribution in [0.5, 0.6) is 5.75 Å². The van der Waals surface area contributed by atoms with E-state index >= 15 is 0 Å². The molecule has 0 bridgehead atoms. The Hall–Kier alpha value is -3.93. The van der Waals surface area contributed by atoms with Gasteiger partial charge in [0.05, 0.1) is 18.4 Å². The number of hydrogen-bond donors (Lipinski definition) is 0. The van der Waals surface area contributed by atoms with Gasteiger partial charge in [-0.05, 0) is 42.5 Å². The first-order chi connectivity index (χ1) is 14.2. The van der Waals surface area contributed by atoms with Gasteiger partial charge in [-0.1, -0.05) is 24.3 Å². The molecule has 0 saturated heterocycles. The molecular formula is C23H18N2O4. The van der Waals surface area contributed by atoms with Crippen LogP contribution in [0, 0.1) is 0 Å². The first-order valence-corrected chi connectivity index (χ1v) is 9.03. The molecule has 0 spiro atoms. The largest absolute Gasteiger partial charge is 0.497 e. The van der Waals surface area contributed by atoms with Crippen LogP contribution in [0.25, 0.3) is 16.5 Å². The number of pyridine rings is 2. The second-order valence-corrected chi connectivity index (χ2v) is 6.36. The summed E-state index contributed by atoms with van der Waals surface area (Å²) in [6, 6.07) is 19.4. The minimum Gasteiger partial charge on any atom is -0.497 e. The van der Waals surface area contributed by atoms with Crippen LogP contribution in [-0.2, 0) is 11.3 Å². The number of nitrogens with zero attached hydrogens (tertiary/aromatic N) is 2. The maximum absolute atomic E-state index is 13.0. The van der Waals surface area contributed by atoms with Crippen LogP contribution in [0.3, 0.4) is 0 Å². The minimum atomic E-state index is -0.519. The molecule has 2 aromatic carbocycles. The van der Waals surface area contributed by atoms with Crippen LogP contribution in [0.15, 0.2) is 83.9 Å². The Balaban J connectivity index is 1.77. The Kier molecular flexibility index (Phi) is 5.07. The van der Waals surface area contributed by atoms with Gasteiger partial charge in [-0.2, -0.15) is 0 Å². The fraction of sp³-hybridized carbons (Fsp3) is 0.0870. The summed E-state index contributed by atoms with van der Waals surface area (Å²) in [5.74, 6) is 0.159. The Morgan fingerprint density at radius 3 is 2.38 bits per heavy atom. The molecular weight excluding hydrogens is 368 g/mol. The molecule has 6 heteroatoms. The summed E-state index contributed by atoms with van der Waals surface area (Å²) in [5.41, 5.74) is 1.37. The average molecular weight is 386 g/mol. The van der Waals surface area contributed by atoms with Crippen molar-refractivity contribution in [3.63, 3.8) is 0 Å². The predicted molar refractivity (Wildman–Crippen MR) is 109 cm³/mol. The lowest BCUT2D eigenvalue weighted by Gasteiger charge is -2.12. The summed E-state index contributed by atoms with van der Waals surface area (Å²) >= 11 is 0. The topological polar surface area (TPSA) is 70.4 Å². The summed E-state index contributed by atoms with van der Waals surface area (Å²) in [4.78, 5) is 30.0. The standard InChI is InChI=1S/C23H18N2O4/c1-28-18-11-9-17(10-12-18)25-14-21(19-7-2-3-8-20(19)22(25)26)23(27)29-15-16-6-4-5-13-24-16/h2-14H,15H2,1H3. The van der Waals surface area contributed by atoms with E-state index in [0.717, 1.165) is 0 Å². The number of carbonyl (C=O) groups excluding carboxylic acids is 1.